The summed E-state index contributed by atoms with van der Waals surface area (Å²) in [4.78, 5) is 4.13. The van der Waals surface area contributed by atoms with Gasteiger partial charge in [0.15, 0.2) is 0 Å². The Morgan fingerprint density at radius 3 is 2.50 bits per heavy atom. The van der Waals surface area contributed by atoms with Gasteiger partial charge in [0.25, 0.3) is 0 Å². The van der Waals surface area contributed by atoms with Crippen LogP contribution in [-0.2, 0) is 13.2 Å². The number of anilines is 1. The van der Waals surface area contributed by atoms with E-state index in [2.05, 4.69) is 46.7 Å². The van der Waals surface area contributed by atoms with Crippen LogP contribution in [0, 0.1) is 0 Å². The Labute approximate surface area is 154 Å². The molecule has 4 rings (SSSR count). The predicted octanol–water partition coefficient (Wildman–Crippen LogP) is 3.89. The van der Waals surface area contributed by atoms with E-state index in [9.17, 15) is 0 Å². The normalized spacial score (nSPS) is 18.5. The predicted molar refractivity (Wildman–Crippen MR) is 104 cm³/mol. The monoisotopic (exact) mass is 345 g/mol. The summed E-state index contributed by atoms with van der Waals surface area (Å²) in [5, 5.41) is 3.59. The number of pyridine rings is 1. The maximum absolute atomic E-state index is 5.86. The van der Waals surface area contributed by atoms with Gasteiger partial charge in [-0.3, -0.25) is 0 Å². The van der Waals surface area contributed by atoms with Crippen molar-refractivity contribution < 1.29 is 4.74 Å². The molecule has 2 atom stereocenters. The first kappa shape index (κ1) is 16.6. The van der Waals surface area contributed by atoms with Crippen molar-refractivity contribution in [1.29, 1.82) is 0 Å². The maximum Gasteiger partial charge on any atom is 0.123 e. The van der Waals surface area contributed by atoms with Crippen molar-refractivity contribution in [2.75, 3.05) is 5.73 Å². The van der Waals surface area contributed by atoms with Gasteiger partial charge in [-0.05, 0) is 41.3 Å². The molecule has 4 heteroatoms. The number of nitrogens with one attached hydrogen (secondary N) is 1. The van der Waals surface area contributed by atoms with Gasteiger partial charge >= 0.3 is 0 Å². The summed E-state index contributed by atoms with van der Waals surface area (Å²) in [6.07, 6.45) is 3.01. The van der Waals surface area contributed by atoms with E-state index in [1.165, 1.54) is 17.5 Å². The van der Waals surface area contributed by atoms with Crippen molar-refractivity contribution >= 4 is 5.82 Å². The molecule has 0 bridgehead atoms. The van der Waals surface area contributed by atoms with E-state index in [4.69, 9.17) is 10.5 Å². The fourth-order valence-electron chi connectivity index (χ4n) is 3.13. The lowest BCUT2D eigenvalue weighted by Gasteiger charge is -2.08. The lowest BCUT2D eigenvalue weighted by Crippen LogP contribution is -2.17. The number of nitrogens with zero attached hydrogens (tertiary/aromatic N) is 1. The molecule has 4 nitrogen and oxygen atoms in total. The number of nitrogen functional groups attached to an aromatic ring is 1. The Hall–Kier alpha value is -2.85. The largest absolute Gasteiger partial charge is 0.489 e. The van der Waals surface area contributed by atoms with E-state index in [0.29, 0.717) is 24.4 Å². The van der Waals surface area contributed by atoms with Crippen LogP contribution >= 0.6 is 0 Å². The van der Waals surface area contributed by atoms with Gasteiger partial charge in [-0.1, -0.05) is 48.5 Å². The molecule has 26 heavy (non-hydrogen) atoms. The van der Waals surface area contributed by atoms with E-state index in [1.54, 1.807) is 0 Å². The van der Waals surface area contributed by atoms with Crippen molar-refractivity contribution in [1.82, 2.24) is 10.3 Å². The fourth-order valence-corrected chi connectivity index (χ4v) is 3.13. The molecule has 3 N–H and O–H groups in total. The minimum absolute atomic E-state index is 0.531. The molecule has 132 valence electrons. The Morgan fingerprint density at radius 1 is 0.962 bits per heavy atom. The highest BCUT2D eigenvalue weighted by Gasteiger charge is 2.37. The zero-order chi connectivity index (χ0) is 17.8. The van der Waals surface area contributed by atoms with Crippen LogP contribution in [0.1, 0.15) is 29.0 Å². The molecule has 1 fully saturated rings. The third-order valence-corrected chi connectivity index (χ3v) is 4.76. The first-order valence-corrected chi connectivity index (χ1v) is 8.98. The van der Waals surface area contributed by atoms with Crippen LogP contribution < -0.4 is 15.8 Å². The molecule has 2 aromatic carbocycles. The Bertz CT molecular complexity index is 832. The van der Waals surface area contributed by atoms with Gasteiger partial charge in [-0.15, -0.1) is 0 Å². The smallest absolute Gasteiger partial charge is 0.123 e. The quantitative estimate of drug-likeness (QED) is 0.682. The van der Waals surface area contributed by atoms with E-state index >= 15 is 0 Å². The summed E-state index contributed by atoms with van der Waals surface area (Å²) in [5.41, 5.74) is 9.33. The lowest BCUT2D eigenvalue weighted by atomic mass is 10.1. The van der Waals surface area contributed by atoms with Gasteiger partial charge < -0.3 is 15.8 Å². The number of benzene rings is 2. The molecule has 0 radical (unpaired) electrons. The minimum Gasteiger partial charge on any atom is -0.489 e. The number of aromatic nitrogens is 1. The number of rotatable bonds is 7. The molecule has 1 heterocycles. The molecule has 0 amide bonds. The molecular weight excluding hydrogens is 322 g/mol. The van der Waals surface area contributed by atoms with E-state index in [-0.39, 0.29) is 0 Å². The number of hydrogen-bond donors (Lipinski definition) is 2. The maximum atomic E-state index is 5.86. The van der Waals surface area contributed by atoms with Gasteiger partial charge in [0.2, 0.25) is 0 Å². The van der Waals surface area contributed by atoms with Gasteiger partial charge in [0.1, 0.15) is 18.2 Å². The first-order valence-electron chi connectivity index (χ1n) is 8.98. The number of hydrogen-bond acceptors (Lipinski definition) is 4. The van der Waals surface area contributed by atoms with Crippen molar-refractivity contribution in [2.45, 2.75) is 31.5 Å². The molecule has 1 aliphatic carbocycles. The average molecular weight is 345 g/mol. The third-order valence-electron chi connectivity index (χ3n) is 4.76. The third kappa shape index (κ3) is 4.21. The van der Waals surface area contributed by atoms with Crippen LogP contribution in [0.15, 0.2) is 72.9 Å². The number of nitrogens with two attached hydrogens (primary N) is 1. The van der Waals surface area contributed by atoms with Crippen LogP contribution in [-0.4, -0.2) is 11.0 Å². The van der Waals surface area contributed by atoms with Crippen molar-refractivity contribution in [3.05, 3.63) is 89.6 Å². The molecule has 0 aliphatic heterocycles. The van der Waals surface area contributed by atoms with Crippen molar-refractivity contribution in [3.63, 3.8) is 0 Å². The van der Waals surface area contributed by atoms with Crippen LogP contribution in [0.2, 0.25) is 0 Å². The SMILES string of the molecule is Nc1ccc(CN[C@H]2CC2c2ccc(OCc3ccccc3)cc2)cn1. The second-order valence-electron chi connectivity index (χ2n) is 6.76. The molecule has 1 aromatic heterocycles. The molecule has 1 unspecified atom stereocenters. The molecular formula is C22H23N3O. The molecule has 1 saturated carbocycles. The second-order valence-corrected chi connectivity index (χ2v) is 6.76. The molecule has 0 spiro atoms. The van der Waals surface area contributed by atoms with Crippen LogP contribution in [0.4, 0.5) is 5.82 Å². The van der Waals surface area contributed by atoms with Gasteiger partial charge in [0.05, 0.1) is 0 Å². The van der Waals surface area contributed by atoms with Crippen molar-refractivity contribution in [2.24, 2.45) is 0 Å². The van der Waals surface area contributed by atoms with E-state index in [0.717, 1.165) is 17.9 Å². The lowest BCUT2D eigenvalue weighted by molar-refractivity contribution is 0.306. The highest BCUT2D eigenvalue weighted by atomic mass is 16.5. The summed E-state index contributed by atoms with van der Waals surface area (Å²) in [7, 11) is 0. The Kier molecular flexibility index (Phi) is 4.84. The summed E-state index contributed by atoms with van der Waals surface area (Å²) >= 11 is 0. The highest BCUT2D eigenvalue weighted by Crippen LogP contribution is 2.41. The molecule has 1 aliphatic rings. The Morgan fingerprint density at radius 2 is 1.77 bits per heavy atom. The highest BCUT2D eigenvalue weighted by molar-refractivity contribution is 5.34. The zero-order valence-corrected chi connectivity index (χ0v) is 14.6. The fraction of sp³-hybridized carbons (Fsp3) is 0.227. The van der Waals surface area contributed by atoms with Crippen LogP contribution in [0.3, 0.4) is 0 Å². The average Bonchev–Trinajstić information content (AvgIpc) is 3.47. The van der Waals surface area contributed by atoms with Crippen LogP contribution in [0.5, 0.6) is 5.75 Å². The standard InChI is InChI=1S/C22H23N3O/c23-22-11-6-17(14-25-22)13-24-21-12-20(21)18-7-9-19(10-8-18)26-15-16-4-2-1-3-5-16/h1-11,14,20-21,24H,12-13,15H2,(H2,23,25)/t20?,21-/m0/s1. The zero-order valence-electron chi connectivity index (χ0n) is 14.6. The molecule has 3 aromatic rings. The second kappa shape index (κ2) is 7.58. The summed E-state index contributed by atoms with van der Waals surface area (Å²) in [6, 6.07) is 23.1. The molecule has 0 saturated heterocycles. The first-order chi connectivity index (χ1) is 12.8. The van der Waals surface area contributed by atoms with E-state index in [1.807, 2.05) is 36.5 Å². The topological polar surface area (TPSA) is 60.2 Å². The van der Waals surface area contributed by atoms with Gasteiger partial charge in [-0.25, -0.2) is 4.98 Å². The Balaban J connectivity index is 1.26. The summed E-state index contributed by atoms with van der Waals surface area (Å²) in [6.45, 7) is 1.43. The van der Waals surface area contributed by atoms with Crippen molar-refractivity contribution in [3.8, 4) is 5.75 Å². The summed E-state index contributed by atoms with van der Waals surface area (Å²) in [5.74, 6) is 2.06. The summed E-state index contributed by atoms with van der Waals surface area (Å²) < 4.78 is 5.86. The van der Waals surface area contributed by atoms with E-state index < -0.39 is 0 Å². The van der Waals surface area contributed by atoms with Gasteiger partial charge in [0, 0.05) is 24.7 Å². The van der Waals surface area contributed by atoms with Gasteiger partial charge in [-0.2, -0.15) is 0 Å². The minimum atomic E-state index is 0.531. The van der Waals surface area contributed by atoms with Crippen LogP contribution in [0.25, 0.3) is 0 Å². The number of ether oxygens (including phenoxy) is 1.